The molecule has 1 saturated heterocycles. The molecule has 0 amide bonds. The van der Waals surface area contributed by atoms with Crippen LogP contribution in [0.15, 0.2) is 24.3 Å². The van der Waals surface area contributed by atoms with Gasteiger partial charge in [-0.05, 0) is 30.9 Å². The molecule has 0 spiro atoms. The summed E-state index contributed by atoms with van der Waals surface area (Å²) in [4.78, 5) is 2.19. The van der Waals surface area contributed by atoms with E-state index in [1.807, 2.05) is 7.05 Å². The number of benzene rings is 1. The number of piperidine rings is 1. The topological polar surface area (TPSA) is 63.9 Å². The van der Waals surface area contributed by atoms with E-state index in [0.29, 0.717) is 18.3 Å². The van der Waals surface area contributed by atoms with Crippen molar-refractivity contribution in [3.8, 4) is 0 Å². The second-order valence-electron chi connectivity index (χ2n) is 4.83. The van der Waals surface area contributed by atoms with Gasteiger partial charge in [-0.1, -0.05) is 24.3 Å². The maximum absolute atomic E-state index is 10.5. The molecule has 1 aliphatic heterocycles. The van der Waals surface area contributed by atoms with Crippen molar-refractivity contribution < 1.29 is 15.2 Å². The van der Waals surface area contributed by atoms with Gasteiger partial charge in [0, 0.05) is 13.1 Å². The molecule has 0 aliphatic carbocycles. The van der Waals surface area contributed by atoms with Gasteiger partial charge in [-0.25, -0.2) is 0 Å². The van der Waals surface area contributed by atoms with E-state index in [9.17, 15) is 5.11 Å². The van der Waals surface area contributed by atoms with Crippen molar-refractivity contribution in [1.82, 2.24) is 4.90 Å². The summed E-state index contributed by atoms with van der Waals surface area (Å²) < 4.78 is 0. The molecule has 1 aromatic carbocycles. The lowest BCUT2D eigenvalue weighted by atomic mass is 9.77. The van der Waals surface area contributed by atoms with Crippen LogP contribution in [0.2, 0.25) is 0 Å². The van der Waals surface area contributed by atoms with Gasteiger partial charge < -0.3 is 20.1 Å². The summed E-state index contributed by atoms with van der Waals surface area (Å²) in [6, 6.07) is 6.85. The molecule has 4 nitrogen and oxygen atoms in total. The van der Waals surface area contributed by atoms with Crippen molar-refractivity contribution in [3.05, 3.63) is 29.8 Å². The summed E-state index contributed by atoms with van der Waals surface area (Å²) in [5.74, 6) is 0. The average molecular weight is 235 g/mol. The fourth-order valence-electron chi connectivity index (χ4n) is 2.24. The smallest absolute Gasteiger partial charge is 0.423 e. The molecule has 2 rings (SSSR count). The molecular formula is C12H18BNO3. The Hall–Kier alpha value is -0.875. The third-order valence-corrected chi connectivity index (χ3v) is 3.56. The number of nitrogens with zero attached hydrogens (tertiary/aromatic N) is 1. The summed E-state index contributed by atoms with van der Waals surface area (Å²) >= 11 is 0. The Morgan fingerprint density at radius 1 is 1.12 bits per heavy atom. The van der Waals surface area contributed by atoms with Crippen molar-refractivity contribution in [2.75, 3.05) is 20.1 Å². The molecule has 0 saturated carbocycles. The van der Waals surface area contributed by atoms with Crippen LogP contribution in [0.3, 0.4) is 0 Å². The molecule has 5 heteroatoms. The summed E-state index contributed by atoms with van der Waals surface area (Å²) in [5.41, 5.74) is 0.533. The molecule has 92 valence electrons. The Kier molecular flexibility index (Phi) is 3.54. The van der Waals surface area contributed by atoms with Gasteiger partial charge in [0.05, 0.1) is 5.60 Å². The van der Waals surface area contributed by atoms with Crippen LogP contribution >= 0.6 is 0 Å². The van der Waals surface area contributed by atoms with Gasteiger partial charge >= 0.3 is 7.12 Å². The zero-order valence-electron chi connectivity index (χ0n) is 10.0. The molecule has 0 bridgehead atoms. The Labute approximate surface area is 102 Å². The van der Waals surface area contributed by atoms with E-state index in [4.69, 9.17) is 10.0 Å². The van der Waals surface area contributed by atoms with E-state index in [-0.39, 0.29) is 0 Å². The SMILES string of the molecule is CN1CCC(O)(c2ccc(B(O)O)cc2)CC1. The molecule has 0 aromatic heterocycles. The molecule has 17 heavy (non-hydrogen) atoms. The summed E-state index contributed by atoms with van der Waals surface area (Å²) in [5, 5.41) is 28.6. The lowest BCUT2D eigenvalue weighted by Crippen LogP contribution is -2.41. The minimum absolute atomic E-state index is 0.449. The number of hydrogen-bond donors (Lipinski definition) is 3. The summed E-state index contributed by atoms with van der Waals surface area (Å²) in [6.45, 7) is 1.75. The molecule has 1 aliphatic rings. The number of hydrogen-bond acceptors (Lipinski definition) is 4. The Balaban J connectivity index is 2.16. The number of likely N-dealkylation sites (tertiary alicyclic amines) is 1. The third-order valence-electron chi connectivity index (χ3n) is 3.56. The maximum Gasteiger partial charge on any atom is 0.488 e. The van der Waals surface area contributed by atoms with Crippen LogP contribution in [0.25, 0.3) is 0 Å². The maximum atomic E-state index is 10.5. The fourth-order valence-corrected chi connectivity index (χ4v) is 2.24. The molecular weight excluding hydrogens is 217 g/mol. The normalized spacial score (nSPS) is 20.2. The van der Waals surface area contributed by atoms with Crippen LogP contribution in [0, 0.1) is 0 Å². The van der Waals surface area contributed by atoms with Crippen LogP contribution in [-0.4, -0.2) is 47.3 Å². The van der Waals surface area contributed by atoms with Gasteiger partial charge in [-0.2, -0.15) is 0 Å². The van der Waals surface area contributed by atoms with E-state index in [1.165, 1.54) is 0 Å². The van der Waals surface area contributed by atoms with Gasteiger partial charge in [-0.15, -0.1) is 0 Å². The van der Waals surface area contributed by atoms with Crippen molar-refractivity contribution in [1.29, 1.82) is 0 Å². The average Bonchev–Trinajstić information content (AvgIpc) is 2.33. The molecule has 0 radical (unpaired) electrons. The predicted octanol–water partition coefficient (Wildman–Crippen LogP) is -0.720. The first-order valence-corrected chi connectivity index (χ1v) is 5.89. The second-order valence-corrected chi connectivity index (χ2v) is 4.83. The molecule has 1 fully saturated rings. The highest BCUT2D eigenvalue weighted by atomic mass is 16.4. The highest BCUT2D eigenvalue weighted by molar-refractivity contribution is 6.58. The Morgan fingerprint density at radius 2 is 1.65 bits per heavy atom. The first-order valence-electron chi connectivity index (χ1n) is 5.89. The molecule has 0 atom stereocenters. The number of rotatable bonds is 2. The van der Waals surface area contributed by atoms with E-state index in [1.54, 1.807) is 24.3 Å². The van der Waals surface area contributed by atoms with Gasteiger partial charge in [0.15, 0.2) is 0 Å². The summed E-state index contributed by atoms with van der Waals surface area (Å²) in [7, 11) is 0.598. The summed E-state index contributed by atoms with van der Waals surface area (Å²) in [6.07, 6.45) is 1.43. The van der Waals surface area contributed by atoms with E-state index in [2.05, 4.69) is 4.90 Å². The van der Waals surface area contributed by atoms with Crippen molar-refractivity contribution in [3.63, 3.8) is 0 Å². The second kappa shape index (κ2) is 4.78. The van der Waals surface area contributed by atoms with Crippen LogP contribution in [0.5, 0.6) is 0 Å². The van der Waals surface area contributed by atoms with Crippen LogP contribution < -0.4 is 5.46 Å². The van der Waals surface area contributed by atoms with Crippen molar-refractivity contribution >= 4 is 12.6 Å². The van der Waals surface area contributed by atoms with Crippen molar-refractivity contribution in [2.24, 2.45) is 0 Å². The van der Waals surface area contributed by atoms with Crippen LogP contribution in [0.1, 0.15) is 18.4 Å². The first-order chi connectivity index (χ1) is 8.01. The molecule has 1 aromatic rings. The molecule has 0 unspecified atom stereocenters. The third kappa shape index (κ3) is 2.69. The molecule has 1 heterocycles. The van der Waals surface area contributed by atoms with Crippen LogP contribution in [0.4, 0.5) is 0 Å². The highest BCUT2D eigenvalue weighted by Crippen LogP contribution is 2.31. The van der Waals surface area contributed by atoms with Gasteiger partial charge in [0.25, 0.3) is 0 Å². The van der Waals surface area contributed by atoms with E-state index in [0.717, 1.165) is 18.7 Å². The quantitative estimate of drug-likeness (QED) is 0.592. The zero-order chi connectivity index (χ0) is 12.5. The predicted molar refractivity (Wildman–Crippen MR) is 66.9 cm³/mol. The van der Waals surface area contributed by atoms with Crippen LogP contribution in [-0.2, 0) is 5.60 Å². The zero-order valence-corrected chi connectivity index (χ0v) is 10.0. The Bertz CT molecular complexity index is 372. The van der Waals surface area contributed by atoms with Crippen molar-refractivity contribution in [2.45, 2.75) is 18.4 Å². The fraction of sp³-hybridized carbons (Fsp3) is 0.500. The van der Waals surface area contributed by atoms with E-state index < -0.39 is 12.7 Å². The highest BCUT2D eigenvalue weighted by Gasteiger charge is 2.32. The first kappa shape index (κ1) is 12.6. The van der Waals surface area contributed by atoms with E-state index >= 15 is 0 Å². The molecule has 3 N–H and O–H groups in total. The lowest BCUT2D eigenvalue weighted by molar-refractivity contribution is -0.0203. The van der Waals surface area contributed by atoms with Gasteiger partial charge in [0.2, 0.25) is 0 Å². The number of aliphatic hydroxyl groups is 1. The van der Waals surface area contributed by atoms with Gasteiger partial charge in [-0.3, -0.25) is 0 Å². The minimum atomic E-state index is -1.45. The standard InChI is InChI=1S/C12H18BNO3/c1-14-8-6-12(15,7-9-14)10-2-4-11(5-3-10)13(16)17/h2-5,15-17H,6-9H2,1H3. The largest absolute Gasteiger partial charge is 0.488 e. The lowest BCUT2D eigenvalue weighted by Gasteiger charge is -2.37. The van der Waals surface area contributed by atoms with Gasteiger partial charge in [0.1, 0.15) is 0 Å². The minimum Gasteiger partial charge on any atom is -0.423 e. The monoisotopic (exact) mass is 235 g/mol. The Morgan fingerprint density at radius 3 is 2.12 bits per heavy atom.